The zero-order chi connectivity index (χ0) is 11.0. The highest BCUT2D eigenvalue weighted by atomic mass is 16.3. The van der Waals surface area contributed by atoms with Gasteiger partial charge in [0.25, 0.3) is 0 Å². The van der Waals surface area contributed by atoms with Gasteiger partial charge in [0.05, 0.1) is 0 Å². The Kier molecular flexibility index (Phi) is 2.32. The van der Waals surface area contributed by atoms with Crippen molar-refractivity contribution in [2.45, 2.75) is 13.0 Å². The number of nitrogens with zero attached hydrogens (tertiary/aromatic N) is 1. The van der Waals surface area contributed by atoms with Crippen molar-refractivity contribution in [1.29, 1.82) is 0 Å². The summed E-state index contributed by atoms with van der Waals surface area (Å²) >= 11 is 0. The Balaban J connectivity index is 2.67. The number of aryl methyl sites for hydroxylation is 1. The van der Waals surface area contributed by atoms with Crippen LogP contribution in [0.2, 0.25) is 0 Å². The lowest BCUT2D eigenvalue weighted by atomic mass is 10.1. The molecule has 2 rings (SSSR count). The van der Waals surface area contributed by atoms with Gasteiger partial charge in [-0.1, -0.05) is 18.2 Å². The number of para-hydroxylation sites is 1. The van der Waals surface area contributed by atoms with Crippen LogP contribution in [0.5, 0.6) is 0 Å². The smallest absolute Gasteiger partial charge is 0.193 e. The summed E-state index contributed by atoms with van der Waals surface area (Å²) in [6.07, 6.45) is 0.815. The quantitative estimate of drug-likeness (QED) is 0.755. The van der Waals surface area contributed by atoms with Crippen LogP contribution < -0.4 is 0 Å². The highest BCUT2D eigenvalue weighted by Gasteiger charge is 2.17. The van der Waals surface area contributed by atoms with Gasteiger partial charge in [0, 0.05) is 29.7 Å². The van der Waals surface area contributed by atoms with E-state index in [0.717, 1.165) is 10.9 Å². The number of hydrogen-bond donors (Lipinski definition) is 1. The zero-order valence-corrected chi connectivity index (χ0v) is 8.77. The van der Waals surface area contributed by atoms with Crippen molar-refractivity contribution in [2.24, 2.45) is 7.05 Å². The fraction of sp³-hybridized carbons (Fsp3) is 0.250. The Bertz CT molecular complexity index is 511. The molecule has 78 valence electrons. The van der Waals surface area contributed by atoms with Crippen LogP contribution in [0.3, 0.4) is 0 Å². The van der Waals surface area contributed by atoms with E-state index in [1.54, 1.807) is 6.20 Å². The Morgan fingerprint density at radius 2 is 2.07 bits per heavy atom. The third-order valence-corrected chi connectivity index (χ3v) is 2.54. The fourth-order valence-electron chi connectivity index (χ4n) is 1.76. The number of benzene rings is 1. The first kappa shape index (κ1) is 9.93. The Morgan fingerprint density at radius 3 is 2.73 bits per heavy atom. The van der Waals surface area contributed by atoms with Gasteiger partial charge < -0.3 is 9.67 Å². The summed E-state index contributed by atoms with van der Waals surface area (Å²) in [7, 11) is 1.89. The molecule has 3 nitrogen and oxygen atoms in total. The van der Waals surface area contributed by atoms with Gasteiger partial charge in [-0.05, 0) is 13.0 Å². The van der Waals surface area contributed by atoms with E-state index in [0.29, 0.717) is 5.56 Å². The van der Waals surface area contributed by atoms with Crippen molar-refractivity contribution in [3.05, 3.63) is 36.0 Å². The number of carbonyl (C=O) groups is 1. The molecule has 1 unspecified atom stereocenters. The molecule has 1 N–H and O–H groups in total. The highest BCUT2D eigenvalue weighted by Crippen LogP contribution is 2.21. The van der Waals surface area contributed by atoms with Gasteiger partial charge in [-0.25, -0.2) is 0 Å². The van der Waals surface area contributed by atoms with Crippen LogP contribution in [0.4, 0.5) is 0 Å². The van der Waals surface area contributed by atoms with Gasteiger partial charge in [0.15, 0.2) is 5.78 Å². The van der Waals surface area contributed by atoms with Gasteiger partial charge in [-0.3, -0.25) is 4.79 Å². The first-order valence-corrected chi connectivity index (χ1v) is 4.87. The van der Waals surface area contributed by atoms with Crippen LogP contribution in [-0.2, 0) is 7.05 Å². The second-order valence-electron chi connectivity index (χ2n) is 3.71. The normalized spacial score (nSPS) is 13.0. The van der Waals surface area contributed by atoms with Crippen LogP contribution >= 0.6 is 0 Å². The Morgan fingerprint density at radius 1 is 1.40 bits per heavy atom. The van der Waals surface area contributed by atoms with Crippen molar-refractivity contribution in [3.63, 3.8) is 0 Å². The molecule has 1 aromatic heterocycles. The molecule has 2 aromatic rings. The van der Waals surface area contributed by atoms with E-state index in [1.165, 1.54) is 6.92 Å². The largest absolute Gasteiger partial charge is 0.385 e. The summed E-state index contributed by atoms with van der Waals surface area (Å²) < 4.78 is 1.89. The molecular weight excluding hydrogens is 190 g/mol. The van der Waals surface area contributed by atoms with E-state index < -0.39 is 6.10 Å². The molecule has 0 saturated carbocycles. The van der Waals surface area contributed by atoms with E-state index in [4.69, 9.17) is 0 Å². The summed E-state index contributed by atoms with van der Waals surface area (Å²) in [5.74, 6) is -0.230. The summed E-state index contributed by atoms with van der Waals surface area (Å²) in [6.45, 7) is 1.49. The molecule has 0 fully saturated rings. The zero-order valence-electron chi connectivity index (χ0n) is 8.77. The van der Waals surface area contributed by atoms with Crippen LogP contribution in [-0.4, -0.2) is 21.6 Å². The summed E-state index contributed by atoms with van der Waals surface area (Å²) in [5.41, 5.74) is 1.59. The monoisotopic (exact) mass is 203 g/mol. The second-order valence-corrected chi connectivity index (χ2v) is 3.71. The van der Waals surface area contributed by atoms with Crippen molar-refractivity contribution < 1.29 is 9.90 Å². The lowest BCUT2D eigenvalue weighted by Crippen LogP contribution is -2.15. The predicted molar refractivity (Wildman–Crippen MR) is 58.9 cm³/mol. The first-order chi connectivity index (χ1) is 7.11. The predicted octanol–water partition coefficient (Wildman–Crippen LogP) is 1.74. The summed E-state index contributed by atoms with van der Waals surface area (Å²) in [5, 5.41) is 10.2. The first-order valence-electron chi connectivity index (χ1n) is 4.87. The number of ketones is 1. The van der Waals surface area contributed by atoms with E-state index in [-0.39, 0.29) is 5.78 Å². The maximum Gasteiger partial charge on any atom is 0.193 e. The molecule has 0 bridgehead atoms. The van der Waals surface area contributed by atoms with Gasteiger partial charge in [0.2, 0.25) is 0 Å². The number of hydrogen-bond acceptors (Lipinski definition) is 2. The second kappa shape index (κ2) is 3.51. The number of aliphatic hydroxyl groups is 1. The summed E-state index contributed by atoms with van der Waals surface area (Å²) in [6, 6.07) is 7.67. The minimum atomic E-state index is -0.948. The fourth-order valence-corrected chi connectivity index (χ4v) is 1.76. The Labute approximate surface area is 87.9 Å². The molecule has 0 amide bonds. The molecule has 0 spiro atoms. The third-order valence-electron chi connectivity index (χ3n) is 2.54. The molecule has 0 aliphatic carbocycles. The molecule has 0 radical (unpaired) electrons. The lowest BCUT2D eigenvalue weighted by Gasteiger charge is -2.00. The minimum absolute atomic E-state index is 0.230. The molecule has 1 aromatic carbocycles. The SMILES string of the molecule is CC(O)C(=O)c1cn(C)c2ccccc12. The number of carbonyl (C=O) groups excluding carboxylic acids is 1. The van der Waals surface area contributed by atoms with E-state index in [1.807, 2.05) is 35.9 Å². The van der Waals surface area contributed by atoms with E-state index in [9.17, 15) is 9.90 Å². The molecule has 15 heavy (non-hydrogen) atoms. The van der Waals surface area contributed by atoms with Crippen LogP contribution in [0.25, 0.3) is 10.9 Å². The molecule has 1 heterocycles. The summed E-state index contributed by atoms with van der Waals surface area (Å²) in [4.78, 5) is 11.7. The number of aromatic nitrogens is 1. The Hall–Kier alpha value is -1.61. The van der Waals surface area contributed by atoms with Crippen molar-refractivity contribution >= 4 is 16.7 Å². The lowest BCUT2D eigenvalue weighted by molar-refractivity contribution is 0.0781. The van der Waals surface area contributed by atoms with Crippen LogP contribution in [0.15, 0.2) is 30.5 Å². The van der Waals surface area contributed by atoms with Crippen molar-refractivity contribution in [2.75, 3.05) is 0 Å². The van der Waals surface area contributed by atoms with Gasteiger partial charge in [-0.15, -0.1) is 0 Å². The maximum absolute atomic E-state index is 11.7. The third kappa shape index (κ3) is 1.55. The number of rotatable bonds is 2. The average molecular weight is 203 g/mol. The van der Waals surface area contributed by atoms with E-state index in [2.05, 4.69) is 0 Å². The van der Waals surface area contributed by atoms with Crippen molar-refractivity contribution in [3.8, 4) is 0 Å². The standard InChI is InChI=1S/C12H13NO2/c1-8(14)12(15)10-7-13(2)11-6-4-3-5-9(10)11/h3-8,14H,1-2H3. The van der Waals surface area contributed by atoms with E-state index >= 15 is 0 Å². The van der Waals surface area contributed by atoms with Gasteiger partial charge >= 0.3 is 0 Å². The van der Waals surface area contributed by atoms with Crippen molar-refractivity contribution in [1.82, 2.24) is 4.57 Å². The average Bonchev–Trinajstić information content (AvgIpc) is 2.56. The van der Waals surface area contributed by atoms with Crippen LogP contribution in [0, 0.1) is 0 Å². The maximum atomic E-state index is 11.7. The molecule has 1 atom stereocenters. The number of fused-ring (bicyclic) bond motifs is 1. The van der Waals surface area contributed by atoms with Crippen LogP contribution in [0.1, 0.15) is 17.3 Å². The van der Waals surface area contributed by atoms with Gasteiger partial charge in [0.1, 0.15) is 6.10 Å². The topological polar surface area (TPSA) is 42.2 Å². The van der Waals surface area contributed by atoms with Gasteiger partial charge in [-0.2, -0.15) is 0 Å². The molecule has 0 aliphatic rings. The molecular formula is C12H13NO2. The number of Topliss-reactive ketones (excluding diaryl/α,β-unsaturated/α-hetero) is 1. The molecule has 3 heteroatoms. The number of aliphatic hydroxyl groups excluding tert-OH is 1. The molecule has 0 aliphatic heterocycles. The highest BCUT2D eigenvalue weighted by molar-refractivity contribution is 6.09. The minimum Gasteiger partial charge on any atom is -0.385 e. The molecule has 0 saturated heterocycles.